The van der Waals surface area contributed by atoms with Crippen molar-refractivity contribution in [2.75, 3.05) is 13.3 Å². The van der Waals surface area contributed by atoms with E-state index in [1.807, 2.05) is 18.2 Å². The van der Waals surface area contributed by atoms with Gasteiger partial charge < -0.3 is 24.8 Å². The minimum Gasteiger partial charge on any atom is -0.454 e. The van der Waals surface area contributed by atoms with Crippen LogP contribution in [0.2, 0.25) is 0 Å². The molecule has 24 heavy (non-hydrogen) atoms. The van der Waals surface area contributed by atoms with Crippen LogP contribution < -0.4 is 20.1 Å². The van der Waals surface area contributed by atoms with Gasteiger partial charge in [-0.3, -0.25) is 0 Å². The van der Waals surface area contributed by atoms with Crippen LogP contribution in [0.1, 0.15) is 31.7 Å². The van der Waals surface area contributed by atoms with Crippen molar-refractivity contribution < 1.29 is 14.2 Å². The van der Waals surface area contributed by atoms with Crippen LogP contribution in [0.3, 0.4) is 0 Å². The van der Waals surface area contributed by atoms with E-state index in [4.69, 9.17) is 19.2 Å². The van der Waals surface area contributed by atoms with Gasteiger partial charge in [0.2, 0.25) is 6.79 Å². The first-order valence-electron chi connectivity index (χ1n) is 8.40. The molecule has 1 aromatic rings. The summed E-state index contributed by atoms with van der Waals surface area (Å²) in [5, 5.41) is 6.85. The average molecular weight is 445 g/mol. The first-order valence-corrected chi connectivity index (χ1v) is 8.40. The number of halogens is 1. The summed E-state index contributed by atoms with van der Waals surface area (Å²) in [6.45, 7) is 3.83. The molecule has 4 rings (SSSR count). The molecule has 3 aliphatic rings. The third kappa shape index (κ3) is 3.72. The van der Waals surface area contributed by atoms with E-state index in [2.05, 4.69) is 17.6 Å². The molecule has 2 fully saturated rings. The predicted octanol–water partition coefficient (Wildman–Crippen LogP) is 2.41. The number of aliphatic imine (C=N–C) groups is 1. The molecule has 7 heteroatoms. The lowest BCUT2D eigenvalue weighted by Crippen LogP contribution is -2.47. The second-order valence-electron chi connectivity index (χ2n) is 6.24. The molecular formula is C17H24IN3O3. The molecule has 0 spiro atoms. The quantitative estimate of drug-likeness (QED) is 0.424. The van der Waals surface area contributed by atoms with Gasteiger partial charge in [0.1, 0.15) is 0 Å². The van der Waals surface area contributed by atoms with Crippen molar-refractivity contribution in [2.45, 2.75) is 51.0 Å². The van der Waals surface area contributed by atoms with Gasteiger partial charge >= 0.3 is 0 Å². The van der Waals surface area contributed by atoms with E-state index in [1.165, 1.54) is 6.42 Å². The van der Waals surface area contributed by atoms with Crippen LogP contribution in [-0.2, 0) is 11.3 Å². The zero-order valence-corrected chi connectivity index (χ0v) is 16.1. The topological polar surface area (TPSA) is 64.1 Å². The molecule has 0 aromatic heterocycles. The van der Waals surface area contributed by atoms with Gasteiger partial charge in [0.05, 0.1) is 24.8 Å². The second kappa shape index (κ2) is 7.77. The molecular weight excluding hydrogens is 421 g/mol. The summed E-state index contributed by atoms with van der Waals surface area (Å²) in [6, 6.07) is 6.34. The molecule has 3 heterocycles. The van der Waals surface area contributed by atoms with Crippen molar-refractivity contribution in [3.05, 3.63) is 23.8 Å². The average Bonchev–Trinajstić information content (AvgIpc) is 3.28. The Kier molecular flexibility index (Phi) is 5.70. The zero-order chi connectivity index (χ0) is 15.6. The summed E-state index contributed by atoms with van der Waals surface area (Å²) < 4.78 is 16.7. The number of rotatable bonds is 4. The van der Waals surface area contributed by atoms with E-state index in [9.17, 15) is 0 Å². The number of ether oxygens (including phenoxy) is 3. The summed E-state index contributed by atoms with van der Waals surface area (Å²) in [5.74, 6) is 2.46. The highest BCUT2D eigenvalue weighted by Gasteiger charge is 2.41. The summed E-state index contributed by atoms with van der Waals surface area (Å²) >= 11 is 0. The number of hydrogen-bond acceptors (Lipinski definition) is 4. The van der Waals surface area contributed by atoms with E-state index < -0.39 is 0 Å². The van der Waals surface area contributed by atoms with E-state index in [1.54, 1.807) is 0 Å². The molecule has 3 aliphatic heterocycles. The smallest absolute Gasteiger partial charge is 0.231 e. The van der Waals surface area contributed by atoms with Crippen molar-refractivity contribution in [1.29, 1.82) is 0 Å². The lowest BCUT2D eigenvalue weighted by molar-refractivity contribution is 0.0992. The monoisotopic (exact) mass is 445 g/mol. The van der Waals surface area contributed by atoms with Crippen LogP contribution in [-0.4, -0.2) is 37.5 Å². The van der Waals surface area contributed by atoms with Crippen LogP contribution in [0.15, 0.2) is 23.2 Å². The Hall–Kier alpha value is -1.22. The Morgan fingerprint density at radius 2 is 2.12 bits per heavy atom. The van der Waals surface area contributed by atoms with Crippen molar-refractivity contribution in [3.63, 3.8) is 0 Å². The fourth-order valence-electron chi connectivity index (χ4n) is 3.50. The largest absolute Gasteiger partial charge is 0.454 e. The molecule has 6 nitrogen and oxygen atoms in total. The number of guanidine groups is 1. The summed E-state index contributed by atoms with van der Waals surface area (Å²) in [6.07, 6.45) is 4.22. The van der Waals surface area contributed by atoms with Gasteiger partial charge in [0.15, 0.2) is 17.5 Å². The number of hydrogen-bond donors (Lipinski definition) is 2. The van der Waals surface area contributed by atoms with Gasteiger partial charge in [-0.25, -0.2) is 4.99 Å². The third-order valence-electron chi connectivity index (χ3n) is 4.63. The SMILES string of the molecule is CCNC(=NCc1ccc2c(c1)OCO2)NC1CC2CCC1O2.I. The number of benzene rings is 1. The van der Waals surface area contributed by atoms with Gasteiger partial charge in [-0.05, 0) is 43.9 Å². The van der Waals surface area contributed by atoms with E-state index in [0.717, 1.165) is 42.4 Å². The van der Waals surface area contributed by atoms with Crippen LogP contribution in [0.25, 0.3) is 0 Å². The minimum absolute atomic E-state index is 0. The highest BCUT2D eigenvalue weighted by Crippen LogP contribution is 2.34. The zero-order valence-electron chi connectivity index (χ0n) is 13.8. The molecule has 2 saturated heterocycles. The van der Waals surface area contributed by atoms with Gasteiger partial charge in [-0.1, -0.05) is 6.07 Å². The molecule has 0 saturated carbocycles. The van der Waals surface area contributed by atoms with Crippen molar-refractivity contribution in [2.24, 2.45) is 4.99 Å². The van der Waals surface area contributed by atoms with Crippen LogP contribution in [0, 0.1) is 0 Å². The number of fused-ring (bicyclic) bond motifs is 3. The first kappa shape index (κ1) is 17.6. The van der Waals surface area contributed by atoms with Crippen molar-refractivity contribution >= 4 is 29.9 Å². The number of nitrogens with zero attached hydrogens (tertiary/aromatic N) is 1. The van der Waals surface area contributed by atoms with E-state index >= 15 is 0 Å². The van der Waals surface area contributed by atoms with Crippen LogP contribution in [0.4, 0.5) is 0 Å². The molecule has 2 bridgehead atoms. The first-order chi connectivity index (χ1) is 11.3. The summed E-state index contributed by atoms with van der Waals surface area (Å²) in [4.78, 5) is 4.70. The maximum atomic E-state index is 5.90. The summed E-state index contributed by atoms with van der Waals surface area (Å²) in [7, 11) is 0. The van der Waals surface area contributed by atoms with E-state index in [0.29, 0.717) is 31.6 Å². The molecule has 0 aliphatic carbocycles. The number of nitrogens with one attached hydrogen (secondary N) is 2. The van der Waals surface area contributed by atoms with Gasteiger partial charge in [-0.15, -0.1) is 24.0 Å². The lowest BCUT2D eigenvalue weighted by atomic mass is 9.96. The maximum absolute atomic E-state index is 5.90. The normalized spacial score (nSPS) is 27.0. The molecule has 132 valence electrons. The Balaban J connectivity index is 0.00000169. The standard InChI is InChI=1S/C17H23N3O3.HI/c1-2-18-17(20-13-8-12-4-6-14(13)23-12)19-9-11-3-5-15-16(7-11)22-10-21-15;/h3,5,7,12-14H,2,4,6,8-10H2,1H3,(H2,18,19,20);1H. The highest BCUT2D eigenvalue weighted by molar-refractivity contribution is 14.0. The van der Waals surface area contributed by atoms with Crippen LogP contribution in [0.5, 0.6) is 11.5 Å². The van der Waals surface area contributed by atoms with Crippen molar-refractivity contribution in [1.82, 2.24) is 10.6 Å². The van der Waals surface area contributed by atoms with Gasteiger partial charge in [-0.2, -0.15) is 0 Å². The molecule has 3 unspecified atom stereocenters. The molecule has 0 radical (unpaired) electrons. The minimum atomic E-state index is 0. The Morgan fingerprint density at radius 1 is 1.25 bits per heavy atom. The lowest BCUT2D eigenvalue weighted by Gasteiger charge is -2.22. The summed E-state index contributed by atoms with van der Waals surface area (Å²) in [5.41, 5.74) is 1.11. The second-order valence-corrected chi connectivity index (χ2v) is 6.24. The van der Waals surface area contributed by atoms with Crippen molar-refractivity contribution in [3.8, 4) is 11.5 Å². The fraction of sp³-hybridized carbons (Fsp3) is 0.588. The van der Waals surface area contributed by atoms with Gasteiger partial charge in [0, 0.05) is 6.54 Å². The molecule has 2 N–H and O–H groups in total. The Bertz CT molecular complexity index is 611. The molecule has 0 amide bonds. The highest BCUT2D eigenvalue weighted by atomic mass is 127. The Labute approximate surface area is 159 Å². The van der Waals surface area contributed by atoms with Gasteiger partial charge in [0.25, 0.3) is 0 Å². The van der Waals surface area contributed by atoms with E-state index in [-0.39, 0.29) is 24.0 Å². The third-order valence-corrected chi connectivity index (χ3v) is 4.63. The fourth-order valence-corrected chi connectivity index (χ4v) is 3.50. The van der Waals surface area contributed by atoms with Crippen LogP contribution >= 0.6 is 24.0 Å². The molecule has 1 aromatic carbocycles. The Morgan fingerprint density at radius 3 is 2.88 bits per heavy atom. The maximum Gasteiger partial charge on any atom is 0.231 e. The predicted molar refractivity (Wildman–Crippen MR) is 102 cm³/mol. The molecule has 3 atom stereocenters.